The molecule has 0 N–H and O–H groups in total. The number of hydrogen-bond acceptors (Lipinski definition) is 2. The minimum absolute atomic E-state index is 0.0566. The van der Waals surface area contributed by atoms with Crippen molar-refractivity contribution in [2.24, 2.45) is 5.92 Å². The van der Waals surface area contributed by atoms with Crippen LogP contribution in [0.2, 0.25) is 0 Å². The second-order valence-electron chi connectivity index (χ2n) is 4.23. The van der Waals surface area contributed by atoms with Crippen molar-refractivity contribution in [1.82, 2.24) is 14.5 Å². The summed E-state index contributed by atoms with van der Waals surface area (Å²) in [6.07, 6.45) is 9.17. The Morgan fingerprint density at radius 3 is 2.81 bits per heavy atom. The summed E-state index contributed by atoms with van der Waals surface area (Å²) in [6.45, 7) is 6.22. The van der Waals surface area contributed by atoms with Crippen molar-refractivity contribution in [3.63, 3.8) is 0 Å². The molecule has 0 saturated carbocycles. The highest BCUT2D eigenvalue weighted by Crippen LogP contribution is 2.19. The summed E-state index contributed by atoms with van der Waals surface area (Å²) in [5.74, 6) is 0.712. The Morgan fingerprint density at radius 1 is 1.50 bits per heavy atom. The summed E-state index contributed by atoms with van der Waals surface area (Å²) in [4.78, 5) is 17.3. The van der Waals surface area contributed by atoms with Gasteiger partial charge in [0.2, 0.25) is 5.91 Å². The van der Waals surface area contributed by atoms with Gasteiger partial charge in [0, 0.05) is 32.0 Å². The summed E-state index contributed by atoms with van der Waals surface area (Å²) in [5, 5.41) is 0. The van der Waals surface area contributed by atoms with E-state index in [4.69, 9.17) is 0 Å². The predicted octanol–water partition coefficient (Wildman–Crippen LogP) is 1.31. The zero-order valence-corrected chi connectivity index (χ0v) is 9.38. The molecule has 4 heteroatoms. The van der Waals surface area contributed by atoms with Gasteiger partial charge in [0.1, 0.15) is 0 Å². The molecule has 0 radical (unpaired) electrons. The Hall–Kier alpha value is -1.58. The van der Waals surface area contributed by atoms with Crippen LogP contribution in [-0.2, 0) is 11.3 Å². The Kier molecular flexibility index (Phi) is 3.39. The topological polar surface area (TPSA) is 38.1 Å². The third-order valence-electron chi connectivity index (χ3n) is 3.13. The van der Waals surface area contributed by atoms with Crippen molar-refractivity contribution in [3.05, 3.63) is 31.4 Å². The van der Waals surface area contributed by atoms with Gasteiger partial charge in [-0.1, -0.05) is 6.58 Å². The molecule has 0 atom stereocenters. The van der Waals surface area contributed by atoms with Crippen LogP contribution in [0.1, 0.15) is 12.8 Å². The lowest BCUT2D eigenvalue weighted by Gasteiger charge is -2.31. The van der Waals surface area contributed by atoms with E-state index in [1.807, 2.05) is 17.4 Å². The monoisotopic (exact) mass is 219 g/mol. The molecule has 0 spiro atoms. The van der Waals surface area contributed by atoms with Crippen molar-refractivity contribution in [2.45, 2.75) is 19.4 Å². The number of likely N-dealkylation sites (tertiary alicyclic amines) is 1. The number of piperidine rings is 1. The smallest absolute Gasteiger partial charge is 0.245 e. The molecule has 1 fully saturated rings. The second kappa shape index (κ2) is 4.96. The van der Waals surface area contributed by atoms with Crippen LogP contribution in [0, 0.1) is 5.92 Å². The average molecular weight is 219 g/mol. The molecular weight excluding hydrogens is 202 g/mol. The molecule has 0 unspecified atom stereocenters. The van der Waals surface area contributed by atoms with Crippen molar-refractivity contribution < 1.29 is 4.79 Å². The van der Waals surface area contributed by atoms with Crippen molar-refractivity contribution in [3.8, 4) is 0 Å². The van der Waals surface area contributed by atoms with Gasteiger partial charge < -0.3 is 9.47 Å². The van der Waals surface area contributed by atoms with Gasteiger partial charge in [0.05, 0.1) is 6.33 Å². The molecule has 16 heavy (non-hydrogen) atoms. The van der Waals surface area contributed by atoms with Crippen LogP contribution in [0.5, 0.6) is 0 Å². The SMILES string of the molecule is C=CC(=O)N1CCC(Cn2ccnc2)CC1. The van der Waals surface area contributed by atoms with Crippen LogP contribution >= 0.6 is 0 Å². The van der Waals surface area contributed by atoms with E-state index >= 15 is 0 Å². The molecule has 4 nitrogen and oxygen atoms in total. The lowest BCUT2D eigenvalue weighted by Crippen LogP contribution is -2.38. The maximum atomic E-state index is 11.4. The number of aromatic nitrogens is 2. The molecule has 1 aromatic rings. The largest absolute Gasteiger partial charge is 0.339 e. The van der Waals surface area contributed by atoms with Crippen LogP contribution < -0.4 is 0 Å². The number of rotatable bonds is 3. The van der Waals surface area contributed by atoms with Gasteiger partial charge in [-0.2, -0.15) is 0 Å². The average Bonchev–Trinajstić information content (AvgIpc) is 2.82. The standard InChI is InChI=1S/C12H17N3O/c1-2-12(16)15-6-3-11(4-7-15)9-14-8-5-13-10-14/h2,5,8,10-11H,1,3-4,6-7,9H2. The number of amides is 1. The molecule has 86 valence electrons. The maximum Gasteiger partial charge on any atom is 0.245 e. The van der Waals surface area contributed by atoms with Crippen molar-refractivity contribution in [2.75, 3.05) is 13.1 Å². The highest BCUT2D eigenvalue weighted by atomic mass is 16.2. The molecule has 0 aromatic carbocycles. The quantitative estimate of drug-likeness (QED) is 0.719. The Balaban J connectivity index is 1.81. The molecule has 1 saturated heterocycles. The molecule has 1 aliphatic rings. The van der Waals surface area contributed by atoms with E-state index in [0.717, 1.165) is 32.5 Å². The van der Waals surface area contributed by atoms with E-state index < -0.39 is 0 Å². The van der Waals surface area contributed by atoms with E-state index in [1.54, 1.807) is 6.20 Å². The van der Waals surface area contributed by atoms with Gasteiger partial charge in [0.25, 0.3) is 0 Å². The number of carbonyl (C=O) groups excluding carboxylic acids is 1. The highest BCUT2D eigenvalue weighted by molar-refractivity contribution is 5.87. The van der Waals surface area contributed by atoms with Gasteiger partial charge in [-0.25, -0.2) is 4.98 Å². The minimum atomic E-state index is 0.0566. The summed E-state index contributed by atoms with van der Waals surface area (Å²) in [5.41, 5.74) is 0. The fraction of sp³-hybridized carbons (Fsp3) is 0.500. The second-order valence-corrected chi connectivity index (χ2v) is 4.23. The molecule has 2 heterocycles. The first-order chi connectivity index (χ1) is 7.79. The van der Waals surface area contributed by atoms with Gasteiger partial charge in [-0.3, -0.25) is 4.79 Å². The molecular formula is C12H17N3O. The Bertz CT molecular complexity index is 350. The molecule has 0 bridgehead atoms. The van der Waals surface area contributed by atoms with Crippen LogP contribution in [0.25, 0.3) is 0 Å². The van der Waals surface area contributed by atoms with Crippen LogP contribution in [0.4, 0.5) is 0 Å². The highest BCUT2D eigenvalue weighted by Gasteiger charge is 2.21. The number of imidazole rings is 1. The summed E-state index contributed by atoms with van der Waals surface area (Å²) >= 11 is 0. The summed E-state index contributed by atoms with van der Waals surface area (Å²) in [7, 11) is 0. The van der Waals surface area contributed by atoms with E-state index in [0.29, 0.717) is 5.92 Å². The third kappa shape index (κ3) is 2.51. The first-order valence-corrected chi connectivity index (χ1v) is 5.66. The number of hydrogen-bond donors (Lipinski definition) is 0. The molecule has 1 aliphatic heterocycles. The molecule has 0 aliphatic carbocycles. The van der Waals surface area contributed by atoms with Gasteiger partial charge >= 0.3 is 0 Å². The normalized spacial score (nSPS) is 17.4. The van der Waals surface area contributed by atoms with Crippen LogP contribution in [0.15, 0.2) is 31.4 Å². The first kappa shape index (κ1) is 10.9. The van der Waals surface area contributed by atoms with Crippen LogP contribution in [0.3, 0.4) is 0 Å². The van der Waals surface area contributed by atoms with E-state index in [-0.39, 0.29) is 5.91 Å². The zero-order valence-electron chi connectivity index (χ0n) is 9.38. The van der Waals surface area contributed by atoms with Crippen molar-refractivity contribution >= 4 is 5.91 Å². The fourth-order valence-electron chi connectivity index (χ4n) is 2.16. The van der Waals surface area contributed by atoms with Gasteiger partial charge in [0.15, 0.2) is 0 Å². The van der Waals surface area contributed by atoms with Gasteiger partial charge in [-0.15, -0.1) is 0 Å². The predicted molar refractivity (Wildman–Crippen MR) is 61.7 cm³/mol. The van der Waals surface area contributed by atoms with E-state index in [2.05, 4.69) is 16.1 Å². The fourth-order valence-corrected chi connectivity index (χ4v) is 2.16. The summed E-state index contributed by atoms with van der Waals surface area (Å²) < 4.78 is 2.11. The molecule has 1 amide bonds. The first-order valence-electron chi connectivity index (χ1n) is 5.66. The maximum absolute atomic E-state index is 11.4. The lowest BCUT2D eigenvalue weighted by molar-refractivity contribution is -0.127. The zero-order chi connectivity index (χ0) is 11.4. The van der Waals surface area contributed by atoms with Gasteiger partial charge in [-0.05, 0) is 24.8 Å². The number of nitrogens with zero attached hydrogens (tertiary/aromatic N) is 3. The third-order valence-corrected chi connectivity index (χ3v) is 3.13. The van der Waals surface area contributed by atoms with Crippen molar-refractivity contribution in [1.29, 1.82) is 0 Å². The Labute approximate surface area is 95.6 Å². The van der Waals surface area contributed by atoms with E-state index in [9.17, 15) is 4.79 Å². The van der Waals surface area contributed by atoms with E-state index in [1.165, 1.54) is 6.08 Å². The minimum Gasteiger partial charge on any atom is -0.339 e. The van der Waals surface area contributed by atoms with Crippen LogP contribution in [-0.4, -0.2) is 33.4 Å². The molecule has 2 rings (SSSR count). The molecule has 1 aromatic heterocycles. The Morgan fingerprint density at radius 2 is 2.25 bits per heavy atom. The lowest BCUT2D eigenvalue weighted by atomic mass is 9.96. The number of carbonyl (C=O) groups is 1. The summed E-state index contributed by atoms with van der Waals surface area (Å²) in [6, 6.07) is 0.